The van der Waals surface area contributed by atoms with Gasteiger partial charge in [-0.15, -0.1) is 0 Å². The minimum atomic E-state index is -0.876. The molecule has 0 bridgehead atoms. The molecule has 9 nitrogen and oxygen atoms in total. The molecule has 2 amide bonds. The van der Waals surface area contributed by atoms with Gasteiger partial charge in [-0.1, -0.05) is 17.2 Å². The third-order valence-electron chi connectivity index (χ3n) is 3.69. The summed E-state index contributed by atoms with van der Waals surface area (Å²) in [7, 11) is 1.59. The van der Waals surface area contributed by atoms with E-state index in [1.54, 1.807) is 19.2 Å². The summed E-state index contributed by atoms with van der Waals surface area (Å²) >= 11 is 0. The molecular formula is C17H17N3O6. The zero-order valence-corrected chi connectivity index (χ0v) is 14.1. The van der Waals surface area contributed by atoms with Crippen LogP contribution < -0.4 is 0 Å². The van der Waals surface area contributed by atoms with Crippen LogP contribution in [0, 0.1) is 0 Å². The van der Waals surface area contributed by atoms with Crippen LogP contribution in [0.5, 0.6) is 0 Å². The van der Waals surface area contributed by atoms with E-state index in [1.807, 2.05) is 0 Å². The van der Waals surface area contributed by atoms with E-state index in [2.05, 4.69) is 9.97 Å². The second-order valence-electron chi connectivity index (χ2n) is 5.43. The molecule has 1 aromatic heterocycles. The van der Waals surface area contributed by atoms with Crippen molar-refractivity contribution in [2.45, 2.75) is 6.42 Å². The molecule has 136 valence electrons. The monoisotopic (exact) mass is 359 g/mol. The summed E-state index contributed by atoms with van der Waals surface area (Å²) in [6.45, 7) is 1.37. The molecule has 0 atom stereocenters. The average molecular weight is 359 g/mol. The molecule has 0 unspecified atom stereocenters. The van der Waals surface area contributed by atoms with Crippen molar-refractivity contribution in [1.29, 1.82) is 0 Å². The molecule has 26 heavy (non-hydrogen) atoms. The van der Waals surface area contributed by atoms with Gasteiger partial charge in [0.25, 0.3) is 11.8 Å². The van der Waals surface area contributed by atoms with Gasteiger partial charge in [0, 0.05) is 13.5 Å². The highest BCUT2D eigenvalue weighted by Gasteiger charge is 2.39. The predicted octanol–water partition coefficient (Wildman–Crippen LogP) is 0.983. The number of carbonyl (C=O) groups excluding carboxylic acids is 3. The fourth-order valence-electron chi connectivity index (χ4n) is 2.39. The number of aromatic amines is 1. The molecule has 0 saturated carbocycles. The first-order valence-corrected chi connectivity index (χ1v) is 7.92. The number of methoxy groups -OCH3 is 1. The number of fused-ring (bicyclic) bond motifs is 1. The summed E-state index contributed by atoms with van der Waals surface area (Å²) in [5.74, 6) is -1.70. The SMILES string of the molecule is COCCOCCc1ncc(C(=O)ON2C(=O)c3ccccc3C2=O)[nH]1. The highest BCUT2D eigenvalue weighted by Crippen LogP contribution is 2.23. The molecule has 0 fully saturated rings. The zero-order valence-electron chi connectivity index (χ0n) is 14.1. The Bertz CT molecular complexity index is 796. The van der Waals surface area contributed by atoms with Gasteiger partial charge in [0.05, 0.1) is 37.1 Å². The standard InChI is InChI=1S/C17H17N3O6/c1-24-8-9-25-7-6-14-18-10-13(19-14)17(23)26-20-15(21)11-4-2-3-5-12(11)16(20)22/h2-5,10H,6-9H2,1H3,(H,18,19). The first-order valence-electron chi connectivity index (χ1n) is 7.92. The number of imidazole rings is 1. The molecule has 2 aromatic rings. The molecule has 1 aliphatic heterocycles. The molecular weight excluding hydrogens is 342 g/mol. The van der Waals surface area contributed by atoms with Crippen LogP contribution >= 0.6 is 0 Å². The van der Waals surface area contributed by atoms with E-state index in [0.29, 0.717) is 37.1 Å². The number of amides is 2. The molecule has 0 aliphatic carbocycles. The number of H-pyrrole nitrogens is 1. The Balaban J connectivity index is 1.58. The Morgan fingerprint density at radius 3 is 2.46 bits per heavy atom. The topological polar surface area (TPSA) is 111 Å². The van der Waals surface area contributed by atoms with Crippen LogP contribution in [0.4, 0.5) is 0 Å². The van der Waals surface area contributed by atoms with Crippen molar-refractivity contribution in [2.75, 3.05) is 26.9 Å². The summed E-state index contributed by atoms with van der Waals surface area (Å²) in [6, 6.07) is 6.26. The number of nitrogens with zero attached hydrogens (tertiary/aromatic N) is 2. The number of nitrogens with one attached hydrogen (secondary N) is 1. The lowest BCUT2D eigenvalue weighted by molar-refractivity contribution is -0.0588. The van der Waals surface area contributed by atoms with E-state index in [4.69, 9.17) is 14.3 Å². The molecule has 9 heteroatoms. The number of carbonyl (C=O) groups is 3. The Morgan fingerprint density at radius 1 is 1.12 bits per heavy atom. The molecule has 2 heterocycles. The normalized spacial score (nSPS) is 13.2. The maximum absolute atomic E-state index is 12.2. The highest BCUT2D eigenvalue weighted by molar-refractivity contribution is 6.21. The van der Waals surface area contributed by atoms with Crippen molar-refractivity contribution < 1.29 is 28.7 Å². The van der Waals surface area contributed by atoms with Crippen LogP contribution in [-0.4, -0.2) is 59.7 Å². The van der Waals surface area contributed by atoms with E-state index < -0.39 is 17.8 Å². The van der Waals surface area contributed by atoms with Crippen LogP contribution in [0.3, 0.4) is 0 Å². The van der Waals surface area contributed by atoms with Crippen LogP contribution in [0.2, 0.25) is 0 Å². The van der Waals surface area contributed by atoms with Gasteiger partial charge in [0.2, 0.25) is 0 Å². The van der Waals surface area contributed by atoms with Crippen LogP contribution in [0.25, 0.3) is 0 Å². The van der Waals surface area contributed by atoms with Gasteiger partial charge in [0.15, 0.2) is 0 Å². The van der Waals surface area contributed by atoms with Crippen molar-refractivity contribution in [1.82, 2.24) is 15.0 Å². The minimum Gasteiger partial charge on any atom is -0.382 e. The van der Waals surface area contributed by atoms with Crippen LogP contribution in [-0.2, 0) is 20.7 Å². The molecule has 0 spiro atoms. The summed E-state index contributed by atoms with van der Waals surface area (Å²) in [5, 5.41) is 0.460. The largest absolute Gasteiger partial charge is 0.382 e. The molecule has 1 N–H and O–H groups in total. The van der Waals surface area contributed by atoms with Gasteiger partial charge in [0.1, 0.15) is 11.5 Å². The average Bonchev–Trinajstić information content (AvgIpc) is 3.21. The summed E-state index contributed by atoms with van der Waals surface area (Å²) in [5.41, 5.74) is 0.432. The van der Waals surface area contributed by atoms with Gasteiger partial charge in [-0.2, -0.15) is 0 Å². The Morgan fingerprint density at radius 2 is 1.81 bits per heavy atom. The summed E-state index contributed by atoms with van der Waals surface area (Å²) < 4.78 is 10.2. The lowest BCUT2D eigenvalue weighted by Gasteiger charge is -2.11. The van der Waals surface area contributed by atoms with E-state index >= 15 is 0 Å². The molecule has 0 saturated heterocycles. The second kappa shape index (κ2) is 7.89. The Labute approximate surface area is 148 Å². The van der Waals surface area contributed by atoms with E-state index in [-0.39, 0.29) is 16.8 Å². The van der Waals surface area contributed by atoms with Crippen molar-refractivity contribution in [3.8, 4) is 0 Å². The number of rotatable bonds is 8. The predicted molar refractivity (Wildman–Crippen MR) is 87.3 cm³/mol. The van der Waals surface area contributed by atoms with E-state index in [0.717, 1.165) is 0 Å². The number of aromatic nitrogens is 2. The van der Waals surface area contributed by atoms with E-state index in [9.17, 15) is 14.4 Å². The third kappa shape index (κ3) is 3.63. The van der Waals surface area contributed by atoms with Gasteiger partial charge < -0.3 is 19.3 Å². The fourth-order valence-corrected chi connectivity index (χ4v) is 2.39. The van der Waals surface area contributed by atoms with Crippen molar-refractivity contribution >= 4 is 17.8 Å². The van der Waals surface area contributed by atoms with Crippen molar-refractivity contribution in [2.24, 2.45) is 0 Å². The van der Waals surface area contributed by atoms with Crippen molar-refractivity contribution in [3.63, 3.8) is 0 Å². The van der Waals surface area contributed by atoms with Crippen LogP contribution in [0.15, 0.2) is 30.5 Å². The van der Waals surface area contributed by atoms with Gasteiger partial charge in [-0.25, -0.2) is 9.78 Å². The fraction of sp³-hybridized carbons (Fsp3) is 0.294. The number of ether oxygens (including phenoxy) is 2. The van der Waals surface area contributed by atoms with Gasteiger partial charge in [-0.3, -0.25) is 9.59 Å². The number of hydrogen-bond donors (Lipinski definition) is 1. The maximum atomic E-state index is 12.2. The minimum absolute atomic E-state index is 0.0356. The lowest BCUT2D eigenvalue weighted by Crippen LogP contribution is -2.32. The summed E-state index contributed by atoms with van der Waals surface area (Å²) in [4.78, 5) is 48.3. The highest BCUT2D eigenvalue weighted by atomic mass is 16.7. The van der Waals surface area contributed by atoms with Gasteiger partial charge >= 0.3 is 5.97 Å². The molecule has 3 rings (SSSR count). The third-order valence-corrected chi connectivity index (χ3v) is 3.69. The maximum Gasteiger partial charge on any atom is 0.381 e. The zero-order chi connectivity index (χ0) is 18.5. The number of hydroxylamine groups is 2. The molecule has 0 radical (unpaired) electrons. The van der Waals surface area contributed by atoms with Crippen LogP contribution in [0.1, 0.15) is 37.0 Å². The van der Waals surface area contributed by atoms with Gasteiger partial charge in [-0.05, 0) is 12.1 Å². The molecule has 1 aromatic carbocycles. The smallest absolute Gasteiger partial charge is 0.381 e. The molecule has 1 aliphatic rings. The quantitative estimate of drug-likeness (QED) is 0.552. The number of benzene rings is 1. The Hall–Kier alpha value is -3.04. The first kappa shape index (κ1) is 17.8. The Kier molecular flexibility index (Phi) is 5.40. The van der Waals surface area contributed by atoms with E-state index in [1.165, 1.54) is 18.3 Å². The lowest BCUT2D eigenvalue weighted by atomic mass is 10.1. The second-order valence-corrected chi connectivity index (χ2v) is 5.43. The first-order chi connectivity index (χ1) is 12.6. The summed E-state index contributed by atoms with van der Waals surface area (Å²) in [6.07, 6.45) is 1.75. The van der Waals surface area contributed by atoms with Crippen molar-refractivity contribution in [3.05, 3.63) is 53.1 Å². The number of imide groups is 1. The number of hydrogen-bond acceptors (Lipinski definition) is 7.